The molecule has 0 saturated carbocycles. The molecule has 2 heterocycles. The van der Waals surface area contributed by atoms with E-state index in [1.165, 1.54) is 17.5 Å². The molecule has 3 N–H and O–H groups in total. The minimum absolute atomic E-state index is 0.0204. The molecule has 3 rings (SSSR count). The van der Waals surface area contributed by atoms with Gasteiger partial charge in [-0.3, -0.25) is 9.89 Å². The van der Waals surface area contributed by atoms with Gasteiger partial charge in [0.15, 0.2) is 0 Å². The molecule has 1 aliphatic heterocycles. The zero-order valence-corrected chi connectivity index (χ0v) is 15.2. The van der Waals surface area contributed by atoms with E-state index in [2.05, 4.69) is 26.9 Å². The predicted octanol–water partition coefficient (Wildman–Crippen LogP) is 2.54. The van der Waals surface area contributed by atoms with Crippen molar-refractivity contribution in [3.63, 3.8) is 0 Å². The van der Waals surface area contributed by atoms with Crippen LogP contribution < -0.4 is 10.6 Å². The molecule has 1 fully saturated rings. The molecule has 1 saturated heterocycles. The molecular weight excluding hydrogens is 312 g/mol. The first-order valence-electron chi connectivity index (χ1n) is 9.22. The molecule has 1 aromatic heterocycles. The smallest absolute Gasteiger partial charge is 0.251 e. The van der Waals surface area contributed by atoms with Gasteiger partial charge in [-0.1, -0.05) is 12.1 Å². The number of aromatic nitrogens is 2. The summed E-state index contributed by atoms with van der Waals surface area (Å²) in [5.41, 5.74) is 5.46. The molecule has 5 nitrogen and oxygen atoms in total. The Morgan fingerprint density at radius 2 is 2.24 bits per heavy atom. The van der Waals surface area contributed by atoms with E-state index in [-0.39, 0.29) is 5.91 Å². The monoisotopic (exact) mass is 340 g/mol. The van der Waals surface area contributed by atoms with Crippen LogP contribution in [0.2, 0.25) is 0 Å². The topological polar surface area (TPSA) is 69.8 Å². The van der Waals surface area contributed by atoms with E-state index in [9.17, 15) is 4.79 Å². The lowest BCUT2D eigenvalue weighted by molar-refractivity contribution is 0.0953. The molecule has 5 heteroatoms. The van der Waals surface area contributed by atoms with Crippen molar-refractivity contribution in [1.82, 2.24) is 20.8 Å². The summed E-state index contributed by atoms with van der Waals surface area (Å²) < 4.78 is 0. The Morgan fingerprint density at radius 1 is 1.36 bits per heavy atom. The van der Waals surface area contributed by atoms with Crippen LogP contribution in [0.5, 0.6) is 0 Å². The SMILES string of the molecule is Cc1n[nH]c(C)c1CCCNC(=O)c1cccc(CC2CCNC2)c1. The lowest BCUT2D eigenvalue weighted by atomic mass is 9.97. The Bertz CT molecular complexity index is 697. The van der Waals surface area contributed by atoms with Crippen LogP contribution in [-0.2, 0) is 12.8 Å². The summed E-state index contributed by atoms with van der Waals surface area (Å²) in [5.74, 6) is 0.715. The zero-order chi connectivity index (χ0) is 17.6. The number of amides is 1. The van der Waals surface area contributed by atoms with Gasteiger partial charge in [0.1, 0.15) is 0 Å². The molecule has 0 aliphatic carbocycles. The molecule has 2 aromatic rings. The molecule has 0 spiro atoms. The third kappa shape index (κ3) is 4.69. The van der Waals surface area contributed by atoms with Gasteiger partial charge in [-0.25, -0.2) is 0 Å². The van der Waals surface area contributed by atoms with Crippen LogP contribution in [0, 0.1) is 19.8 Å². The first-order chi connectivity index (χ1) is 12.1. The summed E-state index contributed by atoms with van der Waals surface area (Å²) in [4.78, 5) is 12.4. The molecule has 134 valence electrons. The van der Waals surface area contributed by atoms with E-state index >= 15 is 0 Å². The van der Waals surface area contributed by atoms with Gasteiger partial charge in [0, 0.05) is 17.8 Å². The number of nitrogens with zero attached hydrogens (tertiary/aromatic N) is 1. The van der Waals surface area contributed by atoms with Gasteiger partial charge >= 0.3 is 0 Å². The Hall–Kier alpha value is -2.14. The van der Waals surface area contributed by atoms with E-state index in [4.69, 9.17) is 0 Å². The molecule has 0 bridgehead atoms. The number of hydrogen-bond donors (Lipinski definition) is 3. The van der Waals surface area contributed by atoms with Gasteiger partial charge in [-0.2, -0.15) is 5.10 Å². The summed E-state index contributed by atoms with van der Waals surface area (Å²) >= 11 is 0. The number of benzene rings is 1. The van der Waals surface area contributed by atoms with Crippen LogP contribution in [0.25, 0.3) is 0 Å². The van der Waals surface area contributed by atoms with Crippen LogP contribution in [0.1, 0.15) is 45.7 Å². The molecule has 0 radical (unpaired) electrons. The predicted molar refractivity (Wildman–Crippen MR) is 99.8 cm³/mol. The maximum absolute atomic E-state index is 12.4. The standard InChI is InChI=1S/C20H28N4O/c1-14-19(15(2)24-23-14)7-4-9-22-20(25)18-6-3-5-16(12-18)11-17-8-10-21-13-17/h3,5-6,12,17,21H,4,7-11,13H2,1-2H3,(H,22,25)(H,23,24). The van der Waals surface area contributed by atoms with Crippen molar-refractivity contribution in [3.8, 4) is 0 Å². The number of nitrogens with one attached hydrogen (secondary N) is 3. The average Bonchev–Trinajstić information content (AvgIpc) is 3.23. The summed E-state index contributed by atoms with van der Waals surface area (Å²) in [7, 11) is 0. The largest absolute Gasteiger partial charge is 0.352 e. The second-order valence-electron chi connectivity index (χ2n) is 7.04. The highest BCUT2D eigenvalue weighted by Gasteiger charge is 2.15. The van der Waals surface area contributed by atoms with Gasteiger partial charge < -0.3 is 10.6 Å². The van der Waals surface area contributed by atoms with Crippen molar-refractivity contribution < 1.29 is 4.79 Å². The molecular formula is C20H28N4O. The van der Waals surface area contributed by atoms with Gasteiger partial charge in [0.25, 0.3) is 5.91 Å². The van der Waals surface area contributed by atoms with Crippen molar-refractivity contribution in [3.05, 3.63) is 52.3 Å². The lowest BCUT2D eigenvalue weighted by Gasteiger charge is -2.10. The number of hydrogen-bond acceptors (Lipinski definition) is 3. The number of aryl methyl sites for hydroxylation is 2. The second kappa shape index (κ2) is 8.30. The van der Waals surface area contributed by atoms with Crippen molar-refractivity contribution in [2.24, 2.45) is 5.92 Å². The number of rotatable bonds is 7. The number of carbonyl (C=O) groups is 1. The zero-order valence-electron chi connectivity index (χ0n) is 15.2. The van der Waals surface area contributed by atoms with Gasteiger partial charge in [0.05, 0.1) is 5.69 Å². The highest BCUT2D eigenvalue weighted by molar-refractivity contribution is 5.94. The van der Waals surface area contributed by atoms with Crippen molar-refractivity contribution >= 4 is 5.91 Å². The number of carbonyl (C=O) groups excluding carboxylic acids is 1. The van der Waals surface area contributed by atoms with Gasteiger partial charge in [0.2, 0.25) is 0 Å². The molecule has 1 atom stereocenters. The summed E-state index contributed by atoms with van der Waals surface area (Å²) in [6, 6.07) is 8.05. The average molecular weight is 340 g/mol. The number of aromatic amines is 1. The Kier molecular flexibility index (Phi) is 5.87. The quantitative estimate of drug-likeness (QED) is 0.679. The van der Waals surface area contributed by atoms with Crippen LogP contribution in [-0.4, -0.2) is 35.7 Å². The van der Waals surface area contributed by atoms with Crippen LogP contribution in [0.4, 0.5) is 0 Å². The highest BCUT2D eigenvalue weighted by atomic mass is 16.1. The molecule has 1 aromatic carbocycles. The fourth-order valence-electron chi connectivity index (χ4n) is 3.57. The van der Waals surface area contributed by atoms with Crippen molar-refractivity contribution in [2.75, 3.05) is 19.6 Å². The second-order valence-corrected chi connectivity index (χ2v) is 7.04. The fourth-order valence-corrected chi connectivity index (χ4v) is 3.57. The van der Waals surface area contributed by atoms with Gasteiger partial charge in [-0.15, -0.1) is 0 Å². The lowest BCUT2D eigenvalue weighted by Crippen LogP contribution is -2.25. The van der Waals surface area contributed by atoms with Crippen LogP contribution in [0.3, 0.4) is 0 Å². The van der Waals surface area contributed by atoms with Crippen molar-refractivity contribution in [2.45, 2.75) is 39.5 Å². The van der Waals surface area contributed by atoms with Crippen LogP contribution >= 0.6 is 0 Å². The molecule has 25 heavy (non-hydrogen) atoms. The highest BCUT2D eigenvalue weighted by Crippen LogP contribution is 2.16. The Balaban J connectivity index is 1.47. The Labute approximate surface area is 149 Å². The molecule has 1 aliphatic rings. The maximum Gasteiger partial charge on any atom is 0.251 e. The van der Waals surface area contributed by atoms with E-state index in [0.717, 1.165) is 49.3 Å². The van der Waals surface area contributed by atoms with Crippen LogP contribution in [0.15, 0.2) is 24.3 Å². The Morgan fingerprint density at radius 3 is 2.96 bits per heavy atom. The minimum Gasteiger partial charge on any atom is -0.352 e. The minimum atomic E-state index is 0.0204. The van der Waals surface area contributed by atoms with Crippen molar-refractivity contribution in [1.29, 1.82) is 0 Å². The fraction of sp³-hybridized carbons (Fsp3) is 0.500. The first-order valence-corrected chi connectivity index (χ1v) is 9.22. The third-order valence-electron chi connectivity index (χ3n) is 5.05. The maximum atomic E-state index is 12.4. The summed E-state index contributed by atoms with van der Waals surface area (Å²) in [6.07, 6.45) is 4.12. The first kappa shape index (κ1) is 17.7. The van der Waals surface area contributed by atoms with E-state index in [1.807, 2.05) is 32.0 Å². The summed E-state index contributed by atoms with van der Waals surface area (Å²) in [5, 5.41) is 13.7. The van der Waals surface area contributed by atoms with E-state index in [1.54, 1.807) is 0 Å². The van der Waals surface area contributed by atoms with Gasteiger partial charge in [-0.05, 0) is 81.8 Å². The van der Waals surface area contributed by atoms with E-state index in [0.29, 0.717) is 12.5 Å². The van der Waals surface area contributed by atoms with E-state index < -0.39 is 0 Å². The normalized spacial score (nSPS) is 17.0. The number of H-pyrrole nitrogens is 1. The summed E-state index contributed by atoms with van der Waals surface area (Å²) in [6.45, 7) is 6.94. The molecule has 1 amide bonds. The third-order valence-corrected chi connectivity index (χ3v) is 5.05. The molecule has 1 unspecified atom stereocenters.